The van der Waals surface area contributed by atoms with Gasteiger partial charge in [0.1, 0.15) is 19.3 Å². The number of phosphoric ester groups is 1. The van der Waals surface area contributed by atoms with Crippen LogP contribution in [0.4, 0.5) is 0 Å². The molecular formula is C72H132N2O7P+. The van der Waals surface area contributed by atoms with E-state index >= 15 is 0 Å². The Labute approximate surface area is 507 Å². The van der Waals surface area contributed by atoms with Crippen LogP contribution in [-0.4, -0.2) is 74.3 Å². The van der Waals surface area contributed by atoms with E-state index in [-0.39, 0.29) is 31.5 Å². The standard InChI is InChI=1S/C72H131N2O7P/c1-7-10-13-16-19-22-25-28-30-32-34-36-37-39-40-42-44-46-49-52-55-58-61-64-71(75)73-69(68-80-82(77,78)79-67-66-74(4,5)6)70(63-60-57-54-51-48-27-24-21-18-15-12-9-3)81-72(76)65-62-59-56-53-50-47-45-43-41-38-35-33-31-29-26-23-20-17-14-11-8-2/h10,13,19,22,28,30,34,36,39-40,44,46,60,63,69-70H,7-9,11-12,14-18,20-21,23-27,29,31-33,35,37-38,41-43,45,47-59,61-62,64-68H2,1-6H3,(H-,73,75,77,78)/p+1/b13-10-,22-19-,30-28-,36-34-,40-39-,46-44-,63-60+. The molecule has 3 unspecified atom stereocenters. The van der Waals surface area contributed by atoms with E-state index in [0.29, 0.717) is 23.9 Å². The number of nitrogens with zero attached hydrogens (tertiary/aromatic N) is 1. The van der Waals surface area contributed by atoms with E-state index in [4.69, 9.17) is 13.8 Å². The number of amides is 1. The van der Waals surface area contributed by atoms with Gasteiger partial charge in [-0.3, -0.25) is 18.6 Å². The first kappa shape index (κ1) is 79.2. The van der Waals surface area contributed by atoms with Crippen LogP contribution in [0.2, 0.25) is 0 Å². The number of quaternary nitrogens is 1. The zero-order valence-corrected chi connectivity index (χ0v) is 55.4. The lowest BCUT2D eigenvalue weighted by atomic mass is 10.0. The summed E-state index contributed by atoms with van der Waals surface area (Å²) in [4.78, 5) is 37.9. The third kappa shape index (κ3) is 61.7. The lowest BCUT2D eigenvalue weighted by molar-refractivity contribution is -0.870. The molecule has 476 valence electrons. The largest absolute Gasteiger partial charge is 0.472 e. The Bertz CT molecular complexity index is 1680. The molecule has 0 bridgehead atoms. The number of likely N-dealkylation sites (N-methyl/N-ethyl adjacent to an activating group) is 1. The second kappa shape index (κ2) is 61.3. The average Bonchev–Trinajstić information content (AvgIpc) is 3.47. The second-order valence-corrected chi connectivity index (χ2v) is 25.8. The predicted octanol–water partition coefficient (Wildman–Crippen LogP) is 21.7. The smallest absolute Gasteiger partial charge is 0.456 e. The summed E-state index contributed by atoms with van der Waals surface area (Å²) in [6.45, 7) is 6.91. The van der Waals surface area contributed by atoms with Crippen LogP contribution >= 0.6 is 7.82 Å². The van der Waals surface area contributed by atoms with E-state index < -0.39 is 20.0 Å². The first-order chi connectivity index (χ1) is 39.9. The summed E-state index contributed by atoms with van der Waals surface area (Å²) in [5.74, 6) is -0.526. The van der Waals surface area contributed by atoms with Crippen LogP contribution < -0.4 is 5.32 Å². The number of carbonyl (C=O) groups excluding carboxylic acids is 2. The molecule has 10 heteroatoms. The maximum atomic E-state index is 13.6. The normalized spacial score (nSPS) is 14.1. The molecule has 0 aliphatic heterocycles. The van der Waals surface area contributed by atoms with Crippen LogP contribution in [0.3, 0.4) is 0 Å². The molecule has 0 aliphatic carbocycles. The van der Waals surface area contributed by atoms with Gasteiger partial charge in [0, 0.05) is 12.8 Å². The summed E-state index contributed by atoms with van der Waals surface area (Å²) in [7, 11) is 1.48. The number of hydrogen-bond donors (Lipinski definition) is 2. The van der Waals surface area contributed by atoms with Crippen molar-refractivity contribution >= 4 is 19.7 Å². The van der Waals surface area contributed by atoms with Crippen molar-refractivity contribution in [3.05, 3.63) is 85.1 Å². The number of carbonyl (C=O) groups is 2. The molecule has 0 aromatic rings. The van der Waals surface area contributed by atoms with Gasteiger partial charge in [-0.1, -0.05) is 299 Å². The molecule has 2 N–H and O–H groups in total. The van der Waals surface area contributed by atoms with E-state index in [1.165, 1.54) is 167 Å². The zero-order chi connectivity index (χ0) is 60.0. The minimum Gasteiger partial charge on any atom is -0.456 e. The van der Waals surface area contributed by atoms with E-state index in [1.807, 2.05) is 33.3 Å². The molecule has 0 aromatic heterocycles. The number of phosphoric acid groups is 1. The Morgan fingerprint density at radius 1 is 0.439 bits per heavy atom. The number of hydrogen-bond acceptors (Lipinski definition) is 6. The highest BCUT2D eigenvalue weighted by Gasteiger charge is 2.30. The lowest BCUT2D eigenvalue weighted by Crippen LogP contribution is -2.47. The number of rotatable bonds is 62. The van der Waals surface area contributed by atoms with Gasteiger partial charge in [-0.25, -0.2) is 4.57 Å². The van der Waals surface area contributed by atoms with Crippen LogP contribution in [-0.2, 0) is 27.9 Å². The van der Waals surface area contributed by atoms with Crippen molar-refractivity contribution in [3.8, 4) is 0 Å². The van der Waals surface area contributed by atoms with Gasteiger partial charge < -0.3 is 19.4 Å². The van der Waals surface area contributed by atoms with Crippen LogP contribution in [0.15, 0.2) is 85.1 Å². The molecule has 0 aromatic carbocycles. The fraction of sp³-hybridized carbons (Fsp3) is 0.778. The summed E-state index contributed by atoms with van der Waals surface area (Å²) in [5, 5.41) is 3.05. The first-order valence-corrected chi connectivity index (χ1v) is 35.9. The third-order valence-corrected chi connectivity index (χ3v) is 16.1. The van der Waals surface area contributed by atoms with Crippen molar-refractivity contribution in [2.75, 3.05) is 40.9 Å². The van der Waals surface area contributed by atoms with E-state index in [2.05, 4.69) is 99.0 Å². The fourth-order valence-corrected chi connectivity index (χ4v) is 10.6. The molecule has 0 radical (unpaired) electrons. The van der Waals surface area contributed by atoms with Gasteiger partial charge in [-0.15, -0.1) is 0 Å². The molecule has 0 saturated carbocycles. The minimum absolute atomic E-state index is 0.0328. The van der Waals surface area contributed by atoms with Gasteiger partial charge in [0.05, 0.1) is 33.8 Å². The molecule has 0 spiro atoms. The van der Waals surface area contributed by atoms with Gasteiger partial charge in [-0.2, -0.15) is 0 Å². The quantitative estimate of drug-likeness (QED) is 0.0205. The molecule has 9 nitrogen and oxygen atoms in total. The number of ether oxygens (including phenoxy) is 1. The fourth-order valence-electron chi connectivity index (χ4n) is 9.83. The average molecular weight is 1170 g/mol. The van der Waals surface area contributed by atoms with Crippen molar-refractivity contribution in [1.29, 1.82) is 0 Å². The van der Waals surface area contributed by atoms with Gasteiger partial charge in [0.15, 0.2) is 0 Å². The second-order valence-electron chi connectivity index (χ2n) is 24.3. The number of unbranched alkanes of at least 4 members (excludes halogenated alkanes) is 34. The Kier molecular flexibility index (Phi) is 59.2. The number of esters is 1. The lowest BCUT2D eigenvalue weighted by Gasteiger charge is -2.27. The Hall–Kier alpha value is -2.81. The van der Waals surface area contributed by atoms with Crippen molar-refractivity contribution < 1.29 is 37.3 Å². The van der Waals surface area contributed by atoms with E-state index in [0.717, 1.165) is 103 Å². The van der Waals surface area contributed by atoms with Gasteiger partial charge in [0.25, 0.3) is 0 Å². The Balaban J connectivity index is 5.17. The van der Waals surface area contributed by atoms with Crippen LogP contribution in [0.25, 0.3) is 0 Å². The van der Waals surface area contributed by atoms with E-state index in [9.17, 15) is 19.0 Å². The molecule has 0 aliphatic rings. The summed E-state index contributed by atoms with van der Waals surface area (Å²) in [6.07, 6.45) is 81.6. The molecule has 1 amide bonds. The van der Waals surface area contributed by atoms with Crippen LogP contribution in [0, 0.1) is 0 Å². The van der Waals surface area contributed by atoms with Crippen molar-refractivity contribution in [2.24, 2.45) is 0 Å². The van der Waals surface area contributed by atoms with Gasteiger partial charge in [-0.05, 0) is 83.1 Å². The zero-order valence-electron chi connectivity index (χ0n) is 54.5. The maximum Gasteiger partial charge on any atom is 0.472 e. The number of nitrogens with one attached hydrogen (secondary N) is 1. The molecule has 3 atom stereocenters. The maximum absolute atomic E-state index is 13.6. The first-order valence-electron chi connectivity index (χ1n) is 34.4. The minimum atomic E-state index is -4.46. The molecule has 0 rings (SSSR count). The van der Waals surface area contributed by atoms with Crippen LogP contribution in [0.1, 0.15) is 310 Å². The van der Waals surface area contributed by atoms with Crippen LogP contribution in [0.5, 0.6) is 0 Å². The summed E-state index contributed by atoms with van der Waals surface area (Å²) in [6, 6.07) is -0.865. The summed E-state index contributed by atoms with van der Waals surface area (Å²) >= 11 is 0. The monoisotopic (exact) mass is 1170 g/mol. The topological polar surface area (TPSA) is 111 Å². The predicted molar refractivity (Wildman–Crippen MR) is 355 cm³/mol. The highest BCUT2D eigenvalue weighted by molar-refractivity contribution is 7.47. The summed E-state index contributed by atoms with van der Waals surface area (Å²) in [5.41, 5.74) is 0. The molecule has 0 heterocycles. The highest BCUT2D eigenvalue weighted by atomic mass is 31.2. The van der Waals surface area contributed by atoms with E-state index in [1.54, 1.807) is 0 Å². The SMILES string of the molecule is CC/C=C\C/C=C\C/C=C\C/C=C\C/C=C\C/C=C\CCCCCCC(=O)NC(COP(=O)(O)OCC[N+](C)(C)C)C(/C=C/CCCCCCCCCCCC)OC(=O)CCCCCCCCCCCCCCCCCCCCCCC. The summed E-state index contributed by atoms with van der Waals surface area (Å²) < 4.78 is 30.8. The molecule has 82 heavy (non-hydrogen) atoms. The highest BCUT2D eigenvalue weighted by Crippen LogP contribution is 2.43. The third-order valence-electron chi connectivity index (χ3n) is 15.1. The van der Waals surface area contributed by atoms with Gasteiger partial charge >= 0.3 is 13.8 Å². The van der Waals surface area contributed by atoms with Gasteiger partial charge in [0.2, 0.25) is 5.91 Å². The Morgan fingerprint density at radius 2 is 0.780 bits per heavy atom. The van der Waals surface area contributed by atoms with Crippen molar-refractivity contribution in [2.45, 2.75) is 322 Å². The van der Waals surface area contributed by atoms with Crippen molar-refractivity contribution in [3.63, 3.8) is 0 Å². The molecule has 0 fully saturated rings. The molecule has 0 saturated heterocycles. The molecular weight excluding hydrogens is 1040 g/mol. The number of allylic oxidation sites excluding steroid dienone is 13. The van der Waals surface area contributed by atoms with Crippen molar-refractivity contribution in [1.82, 2.24) is 5.32 Å². The Morgan fingerprint density at radius 3 is 1.17 bits per heavy atom.